The topological polar surface area (TPSA) is 56.6 Å². The first-order chi connectivity index (χ1) is 10.1. The van der Waals surface area contributed by atoms with Crippen molar-refractivity contribution < 1.29 is 9.53 Å². The van der Waals surface area contributed by atoms with Gasteiger partial charge in [-0.15, -0.1) is 0 Å². The highest BCUT2D eigenvalue weighted by Gasteiger charge is 2.14. The van der Waals surface area contributed by atoms with Crippen molar-refractivity contribution in [2.24, 2.45) is 0 Å². The van der Waals surface area contributed by atoms with Gasteiger partial charge in [0, 0.05) is 13.1 Å². The third-order valence-electron chi connectivity index (χ3n) is 2.99. The van der Waals surface area contributed by atoms with Crippen LogP contribution in [0.5, 0.6) is 0 Å². The molecule has 1 amide bonds. The monoisotopic (exact) mass is 289 g/mol. The molecule has 0 aliphatic rings. The van der Waals surface area contributed by atoms with Crippen LogP contribution in [0.3, 0.4) is 0 Å². The van der Waals surface area contributed by atoms with Crippen molar-refractivity contribution in [1.82, 2.24) is 9.80 Å². The van der Waals surface area contributed by atoms with Crippen molar-refractivity contribution in [3.05, 3.63) is 35.9 Å². The molecule has 5 heteroatoms. The van der Waals surface area contributed by atoms with E-state index < -0.39 is 0 Å². The Labute approximate surface area is 126 Å². The van der Waals surface area contributed by atoms with Crippen LogP contribution in [-0.2, 0) is 11.3 Å². The highest BCUT2D eigenvalue weighted by atomic mass is 16.6. The summed E-state index contributed by atoms with van der Waals surface area (Å²) in [6.07, 6.45) is 0.828. The molecular formula is C16H23N3O2. The zero-order chi connectivity index (χ0) is 15.5. The molecule has 0 aromatic heterocycles. The van der Waals surface area contributed by atoms with Crippen LogP contribution in [0.4, 0.5) is 4.79 Å². The molecule has 0 saturated carbocycles. The standard InChI is InChI=1S/C16H23N3O2/c1-18(2)11-7-13-19(12-6-10-17)16(20)21-14-15-8-4-3-5-9-15/h3-5,8-9H,6-7,11-14H2,1-2H3. The summed E-state index contributed by atoms with van der Waals surface area (Å²) in [4.78, 5) is 15.8. The smallest absolute Gasteiger partial charge is 0.410 e. The molecule has 0 saturated heterocycles. The largest absolute Gasteiger partial charge is 0.445 e. The molecule has 0 aliphatic heterocycles. The Morgan fingerprint density at radius 3 is 2.52 bits per heavy atom. The highest BCUT2D eigenvalue weighted by molar-refractivity contribution is 5.67. The van der Waals surface area contributed by atoms with Gasteiger partial charge < -0.3 is 14.5 Å². The van der Waals surface area contributed by atoms with E-state index in [0.717, 1.165) is 18.5 Å². The van der Waals surface area contributed by atoms with E-state index in [1.807, 2.05) is 44.4 Å². The Morgan fingerprint density at radius 2 is 1.90 bits per heavy atom. The van der Waals surface area contributed by atoms with Gasteiger partial charge in [-0.05, 0) is 32.6 Å². The molecule has 1 aromatic carbocycles. The van der Waals surface area contributed by atoms with Gasteiger partial charge in [-0.2, -0.15) is 5.26 Å². The van der Waals surface area contributed by atoms with Gasteiger partial charge in [-0.1, -0.05) is 30.3 Å². The van der Waals surface area contributed by atoms with E-state index in [1.54, 1.807) is 4.90 Å². The third kappa shape index (κ3) is 7.33. The van der Waals surface area contributed by atoms with Gasteiger partial charge >= 0.3 is 6.09 Å². The zero-order valence-corrected chi connectivity index (χ0v) is 12.8. The van der Waals surface area contributed by atoms with Crippen LogP contribution in [0.2, 0.25) is 0 Å². The molecule has 0 unspecified atom stereocenters. The lowest BCUT2D eigenvalue weighted by Crippen LogP contribution is -2.34. The van der Waals surface area contributed by atoms with Crippen molar-refractivity contribution in [3.8, 4) is 6.07 Å². The maximum Gasteiger partial charge on any atom is 0.410 e. The summed E-state index contributed by atoms with van der Waals surface area (Å²) in [6, 6.07) is 11.6. The number of amides is 1. The maximum absolute atomic E-state index is 12.1. The molecule has 0 atom stereocenters. The molecule has 0 spiro atoms. The molecule has 1 aromatic rings. The Bertz CT molecular complexity index is 454. The van der Waals surface area contributed by atoms with Gasteiger partial charge in [0.2, 0.25) is 0 Å². The number of rotatable bonds is 8. The first-order valence-corrected chi connectivity index (χ1v) is 7.11. The molecule has 0 bridgehead atoms. The Balaban J connectivity index is 2.44. The van der Waals surface area contributed by atoms with E-state index in [2.05, 4.69) is 11.0 Å². The van der Waals surface area contributed by atoms with Crippen LogP contribution in [0.25, 0.3) is 0 Å². The minimum Gasteiger partial charge on any atom is -0.445 e. The summed E-state index contributed by atoms with van der Waals surface area (Å²) in [5, 5.41) is 8.68. The second-order valence-corrected chi connectivity index (χ2v) is 5.09. The van der Waals surface area contributed by atoms with E-state index in [4.69, 9.17) is 10.00 Å². The van der Waals surface area contributed by atoms with Gasteiger partial charge in [0.25, 0.3) is 0 Å². The van der Waals surface area contributed by atoms with E-state index >= 15 is 0 Å². The van der Waals surface area contributed by atoms with Crippen LogP contribution in [-0.4, -0.2) is 49.6 Å². The summed E-state index contributed by atoms with van der Waals surface area (Å²) in [7, 11) is 3.99. The molecule has 21 heavy (non-hydrogen) atoms. The molecule has 0 radical (unpaired) electrons. The fourth-order valence-electron chi connectivity index (χ4n) is 1.87. The van der Waals surface area contributed by atoms with Crippen molar-refractivity contribution >= 4 is 6.09 Å². The lowest BCUT2D eigenvalue weighted by Gasteiger charge is -2.22. The van der Waals surface area contributed by atoms with Crippen molar-refractivity contribution in [2.45, 2.75) is 19.4 Å². The number of ether oxygens (including phenoxy) is 1. The molecule has 0 aliphatic carbocycles. The minimum absolute atomic E-state index is 0.260. The van der Waals surface area contributed by atoms with Gasteiger partial charge in [0.15, 0.2) is 0 Å². The van der Waals surface area contributed by atoms with E-state index in [1.165, 1.54) is 0 Å². The fourth-order valence-corrected chi connectivity index (χ4v) is 1.87. The molecule has 0 N–H and O–H groups in total. The van der Waals surface area contributed by atoms with E-state index in [-0.39, 0.29) is 12.7 Å². The summed E-state index contributed by atoms with van der Waals surface area (Å²) in [6.45, 7) is 2.18. The van der Waals surface area contributed by atoms with E-state index in [9.17, 15) is 4.79 Å². The maximum atomic E-state index is 12.1. The second kappa shape index (κ2) is 9.78. The average molecular weight is 289 g/mol. The van der Waals surface area contributed by atoms with Gasteiger partial charge in [0.1, 0.15) is 6.61 Å². The van der Waals surface area contributed by atoms with Crippen molar-refractivity contribution in [1.29, 1.82) is 5.26 Å². The average Bonchev–Trinajstić information content (AvgIpc) is 2.49. The lowest BCUT2D eigenvalue weighted by atomic mass is 10.2. The first kappa shape index (κ1) is 17.0. The summed E-state index contributed by atoms with van der Waals surface area (Å²) < 4.78 is 5.31. The summed E-state index contributed by atoms with van der Waals surface area (Å²) in [5.74, 6) is 0. The lowest BCUT2D eigenvalue weighted by molar-refractivity contribution is 0.0956. The molecule has 1 rings (SSSR count). The normalized spacial score (nSPS) is 10.2. The quantitative estimate of drug-likeness (QED) is 0.738. The molecule has 5 nitrogen and oxygen atoms in total. The van der Waals surface area contributed by atoms with Crippen molar-refractivity contribution in [3.63, 3.8) is 0 Å². The van der Waals surface area contributed by atoms with Crippen LogP contribution >= 0.6 is 0 Å². The second-order valence-electron chi connectivity index (χ2n) is 5.09. The SMILES string of the molecule is CN(C)CCCN(CCC#N)C(=O)OCc1ccccc1. The number of carbonyl (C=O) groups excluding carboxylic acids is 1. The highest BCUT2D eigenvalue weighted by Crippen LogP contribution is 2.05. The number of benzene rings is 1. The Kier molecular flexibility index (Phi) is 7.92. The van der Waals surface area contributed by atoms with Gasteiger partial charge in [0.05, 0.1) is 12.5 Å². The predicted octanol–water partition coefficient (Wildman–Crippen LogP) is 2.49. The minimum atomic E-state index is -0.354. The Hall–Kier alpha value is -2.06. The summed E-state index contributed by atoms with van der Waals surface area (Å²) in [5.41, 5.74) is 0.958. The third-order valence-corrected chi connectivity index (χ3v) is 2.99. The molecule has 114 valence electrons. The molecule has 0 heterocycles. The predicted molar refractivity (Wildman–Crippen MR) is 81.6 cm³/mol. The number of carbonyl (C=O) groups is 1. The number of nitrogens with zero attached hydrogens (tertiary/aromatic N) is 3. The van der Waals surface area contributed by atoms with E-state index in [0.29, 0.717) is 19.5 Å². The van der Waals surface area contributed by atoms with Crippen LogP contribution in [0.15, 0.2) is 30.3 Å². The van der Waals surface area contributed by atoms with Crippen LogP contribution in [0, 0.1) is 11.3 Å². The van der Waals surface area contributed by atoms with Crippen molar-refractivity contribution in [2.75, 3.05) is 33.7 Å². The number of nitriles is 1. The Morgan fingerprint density at radius 1 is 1.19 bits per heavy atom. The van der Waals surface area contributed by atoms with Crippen LogP contribution in [0.1, 0.15) is 18.4 Å². The fraction of sp³-hybridized carbons (Fsp3) is 0.500. The number of hydrogen-bond donors (Lipinski definition) is 0. The zero-order valence-electron chi connectivity index (χ0n) is 12.8. The van der Waals surface area contributed by atoms with Crippen LogP contribution < -0.4 is 0 Å². The summed E-state index contributed by atoms with van der Waals surface area (Å²) >= 11 is 0. The van der Waals surface area contributed by atoms with Gasteiger partial charge in [-0.3, -0.25) is 0 Å². The first-order valence-electron chi connectivity index (χ1n) is 7.11. The molecular weight excluding hydrogens is 266 g/mol. The van der Waals surface area contributed by atoms with Gasteiger partial charge in [-0.25, -0.2) is 4.79 Å². The number of hydrogen-bond acceptors (Lipinski definition) is 4. The molecule has 0 fully saturated rings.